The van der Waals surface area contributed by atoms with Gasteiger partial charge in [-0.05, 0) is 91.8 Å². The Hall–Kier alpha value is -4.22. The molecule has 1 aliphatic carbocycles. The average Bonchev–Trinajstić information content (AvgIpc) is 2.93. The summed E-state index contributed by atoms with van der Waals surface area (Å²) in [5.41, 5.74) is 10.4. The predicted molar refractivity (Wildman–Crippen MR) is 156 cm³/mol. The van der Waals surface area contributed by atoms with Crippen molar-refractivity contribution < 1.29 is 22.7 Å². The molecule has 5 rings (SSSR count). The maximum atomic E-state index is 14.1. The molecule has 0 bridgehead atoms. The van der Waals surface area contributed by atoms with Gasteiger partial charge in [-0.25, -0.2) is 0 Å². The Kier molecular flexibility index (Phi) is 7.82. The van der Waals surface area contributed by atoms with E-state index in [2.05, 4.69) is 6.07 Å². The Labute approximate surface area is 247 Å². The molecule has 0 saturated carbocycles. The average molecular weight is 592 g/mol. The highest BCUT2D eigenvalue weighted by atomic mass is 35.5. The largest absolute Gasteiger partial charge is 0.489 e. The fraction of sp³-hybridized carbons (Fsp3) is 0.273. The van der Waals surface area contributed by atoms with Crippen LogP contribution >= 0.6 is 11.6 Å². The van der Waals surface area contributed by atoms with E-state index in [0.29, 0.717) is 40.4 Å². The summed E-state index contributed by atoms with van der Waals surface area (Å²) in [5, 5.41) is 11.0. The molecule has 1 atom stereocenters. The van der Waals surface area contributed by atoms with Gasteiger partial charge < -0.3 is 10.5 Å². The van der Waals surface area contributed by atoms with Crippen molar-refractivity contribution in [3.8, 4) is 11.8 Å². The van der Waals surface area contributed by atoms with E-state index in [1.807, 2.05) is 39.0 Å². The summed E-state index contributed by atoms with van der Waals surface area (Å²) >= 11 is 6.08. The summed E-state index contributed by atoms with van der Waals surface area (Å²) in [6, 6.07) is 16.5. The van der Waals surface area contributed by atoms with E-state index in [4.69, 9.17) is 22.1 Å². The second kappa shape index (κ2) is 11.2. The first-order chi connectivity index (χ1) is 19.9. The highest BCUT2D eigenvalue weighted by molar-refractivity contribution is 6.30. The van der Waals surface area contributed by atoms with Crippen LogP contribution in [0.3, 0.4) is 0 Å². The van der Waals surface area contributed by atoms with Crippen molar-refractivity contribution in [3.63, 3.8) is 0 Å². The molecule has 0 fully saturated rings. The number of hydrogen-bond acceptors (Lipinski definition) is 5. The number of ketones is 1. The van der Waals surface area contributed by atoms with Gasteiger partial charge in [-0.3, -0.25) is 9.69 Å². The number of anilines is 1. The number of carbonyl (C=O) groups is 1. The van der Waals surface area contributed by atoms with Gasteiger partial charge in [0.25, 0.3) is 0 Å². The van der Waals surface area contributed by atoms with Crippen molar-refractivity contribution >= 4 is 23.1 Å². The topological polar surface area (TPSA) is 79.4 Å². The molecule has 5 nitrogen and oxygen atoms in total. The van der Waals surface area contributed by atoms with Gasteiger partial charge in [0.05, 0.1) is 28.8 Å². The van der Waals surface area contributed by atoms with Gasteiger partial charge in [0.1, 0.15) is 18.2 Å². The van der Waals surface area contributed by atoms with Crippen molar-refractivity contribution in [2.24, 2.45) is 5.73 Å². The number of alkyl halides is 3. The van der Waals surface area contributed by atoms with Crippen LogP contribution < -0.4 is 15.4 Å². The minimum absolute atomic E-state index is 0.0355. The third-order valence-electron chi connectivity index (χ3n) is 7.92. The third-order valence-corrected chi connectivity index (χ3v) is 8.15. The van der Waals surface area contributed by atoms with Gasteiger partial charge in [0.2, 0.25) is 0 Å². The molecule has 1 unspecified atom stereocenters. The maximum Gasteiger partial charge on any atom is 0.418 e. The number of allylic oxidation sites excluding steroid dienone is 3. The summed E-state index contributed by atoms with van der Waals surface area (Å²) in [6.45, 7) is 5.96. The second-order valence-corrected chi connectivity index (χ2v) is 11.1. The third kappa shape index (κ3) is 5.25. The number of para-hydroxylation sites is 1. The number of rotatable bonds is 5. The highest BCUT2D eigenvalue weighted by Gasteiger charge is 2.43. The van der Waals surface area contributed by atoms with Crippen LogP contribution in [0.5, 0.6) is 5.75 Å². The van der Waals surface area contributed by atoms with Crippen molar-refractivity contribution in [2.45, 2.75) is 58.7 Å². The number of carbonyl (C=O) groups excluding carboxylic acids is 1. The molecule has 216 valence electrons. The summed E-state index contributed by atoms with van der Waals surface area (Å²) in [4.78, 5) is 14.8. The van der Waals surface area contributed by atoms with E-state index in [0.717, 1.165) is 28.3 Å². The standard InChI is InChI=1S/C33H29ClF3N3O2/c1-18-13-19(2)23(15-21(18)17-42-29-12-11-22(34)14-20(29)3)30-24(16-38)32(39)40(27-9-6-10-28(41)31(27)30)26-8-5-4-7-25(26)33(35,36)37/h4-5,7-8,11-15,30H,6,9-10,17,39H2,1-3H3. The van der Waals surface area contributed by atoms with Crippen molar-refractivity contribution in [2.75, 3.05) is 4.90 Å². The molecule has 0 spiro atoms. The number of benzene rings is 3. The van der Waals surface area contributed by atoms with Crippen LogP contribution in [0, 0.1) is 32.1 Å². The van der Waals surface area contributed by atoms with Crippen LogP contribution in [0.25, 0.3) is 0 Å². The molecular weight excluding hydrogens is 563 g/mol. The number of hydrogen-bond donors (Lipinski definition) is 1. The Morgan fingerprint density at radius 3 is 2.48 bits per heavy atom. The first kappa shape index (κ1) is 29.3. The lowest BCUT2D eigenvalue weighted by Crippen LogP contribution is -2.39. The van der Waals surface area contributed by atoms with Crippen molar-refractivity contribution in [1.29, 1.82) is 5.26 Å². The molecule has 1 heterocycles. The number of ether oxygens (including phenoxy) is 1. The molecule has 0 aromatic heterocycles. The van der Waals surface area contributed by atoms with Crippen LogP contribution in [0.2, 0.25) is 5.02 Å². The normalized spacial score (nSPS) is 17.3. The molecule has 0 radical (unpaired) electrons. The number of nitrogens with two attached hydrogens (primary N) is 1. The van der Waals surface area contributed by atoms with Crippen LogP contribution in [0.4, 0.5) is 18.9 Å². The first-order valence-corrected chi connectivity index (χ1v) is 13.9. The monoisotopic (exact) mass is 591 g/mol. The summed E-state index contributed by atoms with van der Waals surface area (Å²) in [5.74, 6) is -0.455. The lowest BCUT2D eigenvalue weighted by Gasteiger charge is -2.40. The van der Waals surface area contributed by atoms with Gasteiger partial charge in [-0.15, -0.1) is 0 Å². The van der Waals surface area contributed by atoms with Crippen molar-refractivity contribution in [3.05, 3.63) is 116 Å². The Morgan fingerprint density at radius 1 is 1.05 bits per heavy atom. The molecule has 0 saturated heterocycles. The van der Waals surface area contributed by atoms with E-state index >= 15 is 0 Å². The zero-order valence-corrected chi connectivity index (χ0v) is 24.2. The van der Waals surface area contributed by atoms with E-state index in [1.54, 1.807) is 12.1 Å². The van der Waals surface area contributed by atoms with Crippen LogP contribution in [-0.4, -0.2) is 5.78 Å². The molecule has 1 aliphatic heterocycles. The molecular formula is C33H29ClF3N3O2. The van der Waals surface area contributed by atoms with Gasteiger partial charge in [0.15, 0.2) is 5.78 Å². The Morgan fingerprint density at radius 2 is 1.79 bits per heavy atom. The summed E-state index contributed by atoms with van der Waals surface area (Å²) in [7, 11) is 0. The zero-order valence-electron chi connectivity index (χ0n) is 23.4. The maximum absolute atomic E-state index is 14.1. The van der Waals surface area contributed by atoms with Gasteiger partial charge >= 0.3 is 6.18 Å². The van der Waals surface area contributed by atoms with E-state index in [-0.39, 0.29) is 35.9 Å². The minimum atomic E-state index is -4.66. The molecule has 42 heavy (non-hydrogen) atoms. The Bertz CT molecular complexity index is 1700. The SMILES string of the molecule is Cc1cc(C)c(C2C(C#N)=C(N)N(c3ccccc3C(F)(F)F)C3=C2C(=O)CCC3)cc1COc1ccc(Cl)cc1C. The summed E-state index contributed by atoms with van der Waals surface area (Å²) < 4.78 is 48.3. The van der Waals surface area contributed by atoms with Crippen LogP contribution in [0.1, 0.15) is 58.6 Å². The Balaban J connectivity index is 1.65. The van der Waals surface area contributed by atoms with E-state index in [1.165, 1.54) is 23.1 Å². The fourth-order valence-corrected chi connectivity index (χ4v) is 6.12. The number of nitrogens with zero attached hydrogens (tertiary/aromatic N) is 2. The number of aryl methyl sites for hydroxylation is 3. The van der Waals surface area contributed by atoms with Crippen LogP contribution in [-0.2, 0) is 17.6 Å². The molecule has 3 aromatic carbocycles. The molecule has 2 N–H and O–H groups in total. The van der Waals surface area contributed by atoms with Gasteiger partial charge in [0, 0.05) is 22.7 Å². The molecule has 0 amide bonds. The number of nitriles is 1. The van der Waals surface area contributed by atoms with Gasteiger partial charge in [-0.1, -0.05) is 35.9 Å². The summed E-state index contributed by atoms with van der Waals surface area (Å²) in [6.07, 6.45) is -3.61. The zero-order chi connectivity index (χ0) is 30.3. The lowest BCUT2D eigenvalue weighted by molar-refractivity contribution is -0.137. The second-order valence-electron chi connectivity index (χ2n) is 10.7. The highest BCUT2D eigenvalue weighted by Crippen LogP contribution is 2.49. The number of halogens is 4. The van der Waals surface area contributed by atoms with Crippen LogP contribution in [0.15, 0.2) is 77.3 Å². The first-order valence-electron chi connectivity index (χ1n) is 13.5. The number of Topliss-reactive ketones (excluding diaryl/α,β-unsaturated/α-hetero) is 1. The lowest BCUT2D eigenvalue weighted by atomic mass is 9.74. The van der Waals surface area contributed by atoms with Crippen molar-refractivity contribution in [1.82, 2.24) is 0 Å². The van der Waals surface area contributed by atoms with Gasteiger partial charge in [-0.2, -0.15) is 18.4 Å². The predicted octanol–water partition coefficient (Wildman–Crippen LogP) is 8.17. The smallest absolute Gasteiger partial charge is 0.418 e. The minimum Gasteiger partial charge on any atom is -0.489 e. The molecule has 9 heteroatoms. The van der Waals surface area contributed by atoms with E-state index in [9.17, 15) is 23.2 Å². The molecule has 2 aliphatic rings. The quantitative estimate of drug-likeness (QED) is 0.324. The fourth-order valence-electron chi connectivity index (χ4n) is 5.89. The van der Waals surface area contributed by atoms with E-state index < -0.39 is 17.7 Å². The molecule has 3 aromatic rings.